The average molecular weight is 403 g/mol. The molecule has 2 heterocycles. The molecule has 0 unspecified atom stereocenters. The minimum atomic E-state index is -0.402. The highest BCUT2D eigenvalue weighted by atomic mass is 32.2. The van der Waals surface area contributed by atoms with E-state index in [0.717, 1.165) is 35.0 Å². The molecule has 0 fully saturated rings. The Bertz CT molecular complexity index is 986. The first kappa shape index (κ1) is 19.6. The van der Waals surface area contributed by atoms with Crippen LogP contribution in [0.1, 0.15) is 30.2 Å². The van der Waals surface area contributed by atoms with Crippen molar-refractivity contribution in [2.75, 3.05) is 13.6 Å². The van der Waals surface area contributed by atoms with Crippen molar-refractivity contribution >= 4 is 39.2 Å². The van der Waals surface area contributed by atoms with Crippen LogP contribution in [0.5, 0.6) is 0 Å². The normalized spacial score (nSPS) is 14.0. The Labute approximate surface area is 166 Å². The number of rotatable bonds is 7. The van der Waals surface area contributed by atoms with Crippen LogP contribution in [-0.4, -0.2) is 39.2 Å². The predicted octanol–water partition coefficient (Wildman–Crippen LogP) is 2.99. The van der Waals surface area contributed by atoms with Gasteiger partial charge in [-0.25, -0.2) is 4.98 Å². The summed E-state index contributed by atoms with van der Waals surface area (Å²) >= 11 is 2.89. The van der Waals surface area contributed by atoms with E-state index in [1.807, 2.05) is 6.07 Å². The van der Waals surface area contributed by atoms with Gasteiger partial charge in [0.05, 0.1) is 23.1 Å². The molecule has 2 aromatic heterocycles. The summed E-state index contributed by atoms with van der Waals surface area (Å²) in [6.07, 6.45) is 5.02. The molecule has 0 saturated heterocycles. The van der Waals surface area contributed by atoms with Crippen molar-refractivity contribution in [3.8, 4) is 6.07 Å². The van der Waals surface area contributed by atoms with Crippen LogP contribution in [0.4, 0.5) is 0 Å². The zero-order chi connectivity index (χ0) is 19.6. The second kappa shape index (κ2) is 8.28. The molecule has 0 aliphatic heterocycles. The maximum atomic E-state index is 13.1. The number of hydrogen-bond acceptors (Lipinski definition) is 6. The zero-order valence-electron chi connectivity index (χ0n) is 15.5. The van der Waals surface area contributed by atoms with E-state index in [2.05, 4.69) is 6.58 Å². The van der Waals surface area contributed by atoms with Crippen LogP contribution >= 0.6 is 23.1 Å². The number of fused-ring (bicyclic) bond motifs is 3. The van der Waals surface area contributed by atoms with Crippen LogP contribution in [0.3, 0.4) is 0 Å². The van der Waals surface area contributed by atoms with Gasteiger partial charge in [0.1, 0.15) is 4.83 Å². The summed E-state index contributed by atoms with van der Waals surface area (Å²) in [6.45, 7) is 6.31. The monoisotopic (exact) mass is 402 g/mol. The summed E-state index contributed by atoms with van der Waals surface area (Å²) in [5, 5.41) is 9.58. The number of hydrogen-bond donors (Lipinski definition) is 0. The van der Waals surface area contributed by atoms with Crippen molar-refractivity contribution in [3.05, 3.63) is 33.4 Å². The van der Waals surface area contributed by atoms with Gasteiger partial charge in [-0.15, -0.1) is 17.9 Å². The van der Waals surface area contributed by atoms with Gasteiger partial charge in [-0.2, -0.15) is 5.26 Å². The fourth-order valence-corrected chi connectivity index (χ4v) is 5.62. The smallest absolute Gasteiger partial charge is 0.263 e. The molecule has 0 aromatic carbocycles. The first-order chi connectivity index (χ1) is 13.0. The summed E-state index contributed by atoms with van der Waals surface area (Å²) in [5.74, 6) is -0.0802. The SMILES string of the molecule is C=CCn1c(S[C@@H](C)C(=O)N(C)CCC#N)nc2sc3c(c2c1=O)CCC3. The molecule has 0 radical (unpaired) electrons. The maximum Gasteiger partial charge on any atom is 0.263 e. The van der Waals surface area contributed by atoms with Gasteiger partial charge in [-0.05, 0) is 31.7 Å². The second-order valence-corrected chi connectivity index (χ2v) is 8.96. The van der Waals surface area contributed by atoms with Gasteiger partial charge in [0, 0.05) is 25.0 Å². The third kappa shape index (κ3) is 3.80. The fraction of sp³-hybridized carbons (Fsp3) is 0.474. The van der Waals surface area contributed by atoms with Crippen molar-refractivity contribution in [1.29, 1.82) is 5.26 Å². The Morgan fingerprint density at radius 3 is 3.04 bits per heavy atom. The van der Waals surface area contributed by atoms with Gasteiger partial charge in [0.25, 0.3) is 5.56 Å². The minimum absolute atomic E-state index is 0.0423. The van der Waals surface area contributed by atoms with Gasteiger partial charge >= 0.3 is 0 Å². The van der Waals surface area contributed by atoms with Crippen molar-refractivity contribution < 1.29 is 4.79 Å². The Hall–Kier alpha value is -2.11. The van der Waals surface area contributed by atoms with Crippen molar-refractivity contribution in [3.63, 3.8) is 0 Å². The number of nitriles is 1. The number of aryl methyl sites for hydroxylation is 2. The minimum Gasteiger partial charge on any atom is -0.344 e. The fourth-order valence-electron chi connectivity index (χ4n) is 3.29. The lowest BCUT2D eigenvalue weighted by atomic mass is 10.2. The molecule has 1 aliphatic rings. The quantitative estimate of drug-likeness (QED) is 0.404. The van der Waals surface area contributed by atoms with Crippen LogP contribution in [0, 0.1) is 11.3 Å². The number of amides is 1. The van der Waals surface area contributed by atoms with Crippen LogP contribution in [0.15, 0.2) is 22.6 Å². The lowest BCUT2D eigenvalue weighted by Crippen LogP contribution is -2.34. The van der Waals surface area contributed by atoms with E-state index < -0.39 is 5.25 Å². The van der Waals surface area contributed by atoms with Gasteiger partial charge in [0.15, 0.2) is 5.16 Å². The number of carbonyl (C=O) groups is 1. The summed E-state index contributed by atoms with van der Waals surface area (Å²) in [4.78, 5) is 34.0. The summed E-state index contributed by atoms with van der Waals surface area (Å²) in [6, 6.07) is 2.05. The molecule has 0 N–H and O–H groups in total. The molecule has 2 aromatic rings. The molecule has 1 aliphatic carbocycles. The number of allylic oxidation sites excluding steroid dienone is 1. The standard InChI is InChI=1S/C19H22N4O2S2/c1-4-10-23-18(25)15-13-7-5-8-14(13)27-16(15)21-19(23)26-12(2)17(24)22(3)11-6-9-20/h4,12H,1,5-8,10-11H2,2-3H3/t12-/m0/s1. The Morgan fingerprint density at radius 2 is 2.33 bits per heavy atom. The molecule has 3 rings (SSSR count). The van der Waals surface area contributed by atoms with Crippen LogP contribution < -0.4 is 5.56 Å². The lowest BCUT2D eigenvalue weighted by Gasteiger charge is -2.20. The molecule has 27 heavy (non-hydrogen) atoms. The number of carbonyl (C=O) groups excluding carboxylic acids is 1. The van der Waals surface area contributed by atoms with Gasteiger partial charge in [-0.1, -0.05) is 17.8 Å². The molecule has 8 heteroatoms. The van der Waals surface area contributed by atoms with Crippen molar-refractivity contribution in [2.24, 2.45) is 0 Å². The first-order valence-corrected chi connectivity index (χ1v) is 10.6. The highest BCUT2D eigenvalue weighted by Gasteiger charge is 2.25. The van der Waals surface area contributed by atoms with E-state index in [0.29, 0.717) is 24.7 Å². The Balaban J connectivity index is 1.95. The molecule has 6 nitrogen and oxygen atoms in total. The Morgan fingerprint density at radius 1 is 1.56 bits per heavy atom. The van der Waals surface area contributed by atoms with E-state index in [1.165, 1.54) is 16.6 Å². The number of thiophene rings is 1. The molecule has 1 atom stereocenters. The summed E-state index contributed by atoms with van der Waals surface area (Å²) < 4.78 is 1.62. The molecule has 0 saturated carbocycles. The molecular formula is C19H22N4O2S2. The second-order valence-electron chi connectivity index (χ2n) is 6.56. The third-order valence-corrected chi connectivity index (χ3v) is 6.93. The third-order valence-electron chi connectivity index (χ3n) is 4.67. The van der Waals surface area contributed by atoms with E-state index in [1.54, 1.807) is 40.9 Å². The Kier molecular flexibility index (Phi) is 6.02. The first-order valence-electron chi connectivity index (χ1n) is 8.92. The molecule has 0 spiro atoms. The van der Waals surface area contributed by atoms with Gasteiger partial charge in [0.2, 0.25) is 5.91 Å². The summed E-state index contributed by atoms with van der Waals surface area (Å²) in [5.41, 5.74) is 1.11. The van der Waals surface area contributed by atoms with E-state index in [-0.39, 0.29) is 11.5 Å². The van der Waals surface area contributed by atoms with Gasteiger partial charge in [-0.3, -0.25) is 14.2 Å². The number of aromatic nitrogens is 2. The highest BCUT2D eigenvalue weighted by Crippen LogP contribution is 2.36. The van der Waals surface area contributed by atoms with E-state index in [4.69, 9.17) is 10.2 Å². The molecular weight excluding hydrogens is 380 g/mol. The summed E-state index contributed by atoms with van der Waals surface area (Å²) in [7, 11) is 1.69. The van der Waals surface area contributed by atoms with Crippen LogP contribution in [-0.2, 0) is 24.2 Å². The lowest BCUT2D eigenvalue weighted by molar-refractivity contribution is -0.128. The van der Waals surface area contributed by atoms with Crippen LogP contribution in [0.25, 0.3) is 10.2 Å². The zero-order valence-corrected chi connectivity index (χ0v) is 17.2. The largest absolute Gasteiger partial charge is 0.344 e. The van der Waals surface area contributed by atoms with E-state index >= 15 is 0 Å². The highest BCUT2D eigenvalue weighted by molar-refractivity contribution is 8.00. The van der Waals surface area contributed by atoms with Crippen molar-refractivity contribution in [2.45, 2.75) is 49.6 Å². The molecule has 0 bridgehead atoms. The average Bonchev–Trinajstić information content (AvgIpc) is 3.22. The van der Waals surface area contributed by atoms with E-state index in [9.17, 15) is 9.59 Å². The van der Waals surface area contributed by atoms with Gasteiger partial charge < -0.3 is 4.90 Å². The van der Waals surface area contributed by atoms with Crippen molar-refractivity contribution in [1.82, 2.24) is 14.5 Å². The maximum absolute atomic E-state index is 13.1. The molecule has 1 amide bonds. The number of nitrogens with zero attached hydrogens (tertiary/aromatic N) is 4. The predicted molar refractivity (Wildman–Crippen MR) is 109 cm³/mol. The van der Waals surface area contributed by atoms with Crippen LogP contribution in [0.2, 0.25) is 0 Å². The molecule has 142 valence electrons. The number of thioether (sulfide) groups is 1. The topological polar surface area (TPSA) is 79.0 Å².